The van der Waals surface area contributed by atoms with Crippen molar-refractivity contribution in [3.8, 4) is 0 Å². The van der Waals surface area contributed by atoms with E-state index in [1.165, 1.54) is 5.69 Å². The molecule has 1 unspecified atom stereocenters. The molecule has 1 atom stereocenters. The molecule has 0 bridgehead atoms. The molecule has 4 heteroatoms. The van der Waals surface area contributed by atoms with Crippen LogP contribution in [0.1, 0.15) is 13.3 Å². The molecular weight excluding hydrogens is 202 g/mol. The molecule has 16 heavy (non-hydrogen) atoms. The summed E-state index contributed by atoms with van der Waals surface area (Å²) in [6, 6.07) is 2.13. The Labute approximate surface area is 96.6 Å². The lowest BCUT2D eigenvalue weighted by Crippen LogP contribution is -2.42. The van der Waals surface area contributed by atoms with Crippen LogP contribution in [0.3, 0.4) is 0 Å². The minimum atomic E-state index is 0.354. The van der Waals surface area contributed by atoms with E-state index < -0.39 is 0 Å². The van der Waals surface area contributed by atoms with Crippen LogP contribution in [-0.2, 0) is 4.74 Å². The first-order chi connectivity index (χ1) is 7.83. The molecule has 1 aromatic rings. The molecule has 0 aromatic carbocycles. The largest absolute Gasteiger partial charge is 0.387 e. The first-order valence-corrected chi connectivity index (χ1v) is 5.83. The van der Waals surface area contributed by atoms with Gasteiger partial charge in [-0.3, -0.25) is 4.98 Å². The molecule has 1 N–H and O–H groups in total. The average molecular weight is 221 g/mol. The number of nitrogens with zero attached hydrogens (tertiary/aromatic N) is 2. The van der Waals surface area contributed by atoms with Crippen LogP contribution in [0.15, 0.2) is 18.5 Å². The van der Waals surface area contributed by atoms with E-state index in [2.05, 4.69) is 28.2 Å². The fraction of sp³-hybridized carbons (Fsp3) is 0.583. The average Bonchev–Trinajstić information content (AvgIpc) is 2.39. The van der Waals surface area contributed by atoms with Crippen molar-refractivity contribution in [2.24, 2.45) is 0 Å². The number of ether oxygens (including phenoxy) is 1. The van der Waals surface area contributed by atoms with E-state index in [9.17, 15) is 0 Å². The predicted molar refractivity (Wildman–Crippen MR) is 66.0 cm³/mol. The zero-order valence-electron chi connectivity index (χ0n) is 9.94. The van der Waals surface area contributed by atoms with Gasteiger partial charge in [-0.15, -0.1) is 0 Å². The topological polar surface area (TPSA) is 37.4 Å². The van der Waals surface area contributed by atoms with Gasteiger partial charge in [0.1, 0.15) is 0 Å². The molecule has 1 aromatic heterocycles. The van der Waals surface area contributed by atoms with Crippen molar-refractivity contribution in [1.82, 2.24) is 4.98 Å². The maximum atomic E-state index is 5.66. The Hall–Kier alpha value is -1.29. The Morgan fingerprint density at radius 1 is 1.56 bits per heavy atom. The van der Waals surface area contributed by atoms with Gasteiger partial charge in [0.05, 0.1) is 36.5 Å². The van der Waals surface area contributed by atoms with Crippen molar-refractivity contribution in [3.63, 3.8) is 0 Å². The minimum absolute atomic E-state index is 0.354. The van der Waals surface area contributed by atoms with E-state index in [0.717, 1.165) is 31.8 Å². The van der Waals surface area contributed by atoms with Crippen LogP contribution in [0.4, 0.5) is 11.4 Å². The van der Waals surface area contributed by atoms with Gasteiger partial charge in [-0.2, -0.15) is 0 Å². The van der Waals surface area contributed by atoms with E-state index >= 15 is 0 Å². The highest BCUT2D eigenvalue weighted by Gasteiger charge is 2.19. The van der Waals surface area contributed by atoms with E-state index in [4.69, 9.17) is 4.74 Å². The Balaban J connectivity index is 2.10. The highest BCUT2D eigenvalue weighted by molar-refractivity contribution is 5.55. The number of nitrogens with one attached hydrogen (secondary N) is 1. The standard InChI is InChI=1S/C12H19N3O/c1-3-12-9-15(4-5-16-12)11-6-10(13-2)7-14-8-11/h6-8,12-13H,3-5,9H2,1-2H3. The molecule has 88 valence electrons. The summed E-state index contributed by atoms with van der Waals surface area (Å²) in [5, 5.41) is 3.11. The minimum Gasteiger partial charge on any atom is -0.387 e. The maximum Gasteiger partial charge on any atom is 0.0748 e. The fourth-order valence-corrected chi connectivity index (χ4v) is 1.94. The van der Waals surface area contributed by atoms with Gasteiger partial charge in [-0.05, 0) is 12.5 Å². The molecule has 0 radical (unpaired) electrons. The molecule has 0 spiro atoms. The molecule has 0 amide bonds. The molecule has 1 fully saturated rings. The second-order valence-electron chi connectivity index (χ2n) is 4.03. The lowest BCUT2D eigenvalue weighted by Gasteiger charge is -2.34. The number of hydrogen-bond acceptors (Lipinski definition) is 4. The Morgan fingerprint density at radius 3 is 3.19 bits per heavy atom. The molecule has 1 aliphatic rings. The summed E-state index contributed by atoms with van der Waals surface area (Å²) < 4.78 is 5.66. The lowest BCUT2D eigenvalue weighted by molar-refractivity contribution is 0.0384. The Kier molecular flexibility index (Phi) is 3.62. The van der Waals surface area contributed by atoms with Gasteiger partial charge in [0.2, 0.25) is 0 Å². The Morgan fingerprint density at radius 2 is 2.44 bits per heavy atom. The van der Waals surface area contributed by atoms with Crippen molar-refractivity contribution in [2.75, 3.05) is 37.0 Å². The maximum absolute atomic E-state index is 5.66. The second-order valence-corrected chi connectivity index (χ2v) is 4.03. The van der Waals surface area contributed by atoms with Gasteiger partial charge in [-0.25, -0.2) is 0 Å². The zero-order valence-corrected chi connectivity index (χ0v) is 9.94. The number of anilines is 2. The van der Waals surface area contributed by atoms with Gasteiger partial charge in [-0.1, -0.05) is 6.92 Å². The van der Waals surface area contributed by atoms with E-state index in [1.54, 1.807) is 0 Å². The van der Waals surface area contributed by atoms with Gasteiger partial charge in [0.25, 0.3) is 0 Å². The zero-order chi connectivity index (χ0) is 11.4. The summed E-state index contributed by atoms with van der Waals surface area (Å²) in [6.07, 6.45) is 5.17. The number of aromatic nitrogens is 1. The van der Waals surface area contributed by atoms with E-state index in [1.807, 2.05) is 19.4 Å². The van der Waals surface area contributed by atoms with Crippen LogP contribution in [-0.4, -0.2) is 37.8 Å². The molecule has 2 heterocycles. The first-order valence-electron chi connectivity index (χ1n) is 5.83. The van der Waals surface area contributed by atoms with Crippen LogP contribution in [0.2, 0.25) is 0 Å². The van der Waals surface area contributed by atoms with Crippen LogP contribution in [0.5, 0.6) is 0 Å². The van der Waals surface area contributed by atoms with Gasteiger partial charge >= 0.3 is 0 Å². The summed E-state index contributed by atoms with van der Waals surface area (Å²) in [4.78, 5) is 6.58. The van der Waals surface area contributed by atoms with Crippen molar-refractivity contribution >= 4 is 11.4 Å². The van der Waals surface area contributed by atoms with E-state index in [-0.39, 0.29) is 0 Å². The van der Waals surface area contributed by atoms with Gasteiger partial charge in [0, 0.05) is 20.1 Å². The highest BCUT2D eigenvalue weighted by Crippen LogP contribution is 2.20. The van der Waals surface area contributed by atoms with Crippen molar-refractivity contribution in [2.45, 2.75) is 19.4 Å². The fourth-order valence-electron chi connectivity index (χ4n) is 1.94. The molecular formula is C12H19N3O. The van der Waals surface area contributed by atoms with Crippen LogP contribution in [0, 0.1) is 0 Å². The SMILES string of the molecule is CCC1CN(c2cncc(NC)c2)CCO1. The second kappa shape index (κ2) is 5.16. The van der Waals surface area contributed by atoms with Crippen molar-refractivity contribution in [3.05, 3.63) is 18.5 Å². The lowest BCUT2D eigenvalue weighted by atomic mass is 10.2. The normalized spacial score (nSPS) is 20.9. The van der Waals surface area contributed by atoms with Crippen molar-refractivity contribution in [1.29, 1.82) is 0 Å². The molecule has 2 rings (SSSR count). The van der Waals surface area contributed by atoms with Gasteiger partial charge in [0.15, 0.2) is 0 Å². The number of morpholine rings is 1. The number of pyridine rings is 1. The summed E-state index contributed by atoms with van der Waals surface area (Å²) in [5.74, 6) is 0. The third-order valence-corrected chi connectivity index (χ3v) is 2.97. The molecule has 0 aliphatic carbocycles. The van der Waals surface area contributed by atoms with Crippen LogP contribution >= 0.6 is 0 Å². The van der Waals surface area contributed by atoms with Crippen LogP contribution < -0.4 is 10.2 Å². The molecule has 1 aliphatic heterocycles. The quantitative estimate of drug-likeness (QED) is 0.843. The molecule has 1 saturated heterocycles. The summed E-state index contributed by atoms with van der Waals surface area (Å²) in [6.45, 7) is 4.88. The number of rotatable bonds is 3. The van der Waals surface area contributed by atoms with Crippen molar-refractivity contribution < 1.29 is 4.74 Å². The predicted octanol–water partition coefficient (Wildman–Crippen LogP) is 1.74. The third-order valence-electron chi connectivity index (χ3n) is 2.97. The molecule has 4 nitrogen and oxygen atoms in total. The Bertz CT molecular complexity index is 343. The number of hydrogen-bond donors (Lipinski definition) is 1. The smallest absolute Gasteiger partial charge is 0.0748 e. The van der Waals surface area contributed by atoms with E-state index in [0.29, 0.717) is 6.10 Å². The molecule has 0 saturated carbocycles. The van der Waals surface area contributed by atoms with Crippen LogP contribution in [0.25, 0.3) is 0 Å². The summed E-state index contributed by atoms with van der Waals surface area (Å²) in [7, 11) is 1.91. The summed E-state index contributed by atoms with van der Waals surface area (Å²) >= 11 is 0. The third kappa shape index (κ3) is 2.44. The first kappa shape index (κ1) is 11.2. The highest BCUT2D eigenvalue weighted by atomic mass is 16.5. The van der Waals surface area contributed by atoms with Gasteiger partial charge < -0.3 is 15.0 Å². The monoisotopic (exact) mass is 221 g/mol. The summed E-state index contributed by atoms with van der Waals surface area (Å²) in [5.41, 5.74) is 2.23.